The smallest absolute Gasteiger partial charge is 0.314 e. The average molecular weight is 455 g/mol. The number of fused-ring (bicyclic) bond motifs is 4. The molecule has 7 rings (SSSR count). The van der Waals surface area contributed by atoms with Crippen LogP contribution in [0.15, 0.2) is 23.5 Å². The molecule has 7 aliphatic rings. The first kappa shape index (κ1) is 20.4. The van der Waals surface area contributed by atoms with Gasteiger partial charge in [0.25, 0.3) is 0 Å². The zero-order valence-corrected chi connectivity index (χ0v) is 19.6. The Morgan fingerprint density at radius 3 is 2.48 bits per heavy atom. The molecule has 3 heterocycles. The summed E-state index contributed by atoms with van der Waals surface area (Å²) in [5, 5.41) is 11.4. The number of carbonyl (C=O) groups is 3. The molecule has 0 aromatic heterocycles. The van der Waals surface area contributed by atoms with Crippen LogP contribution in [0.1, 0.15) is 53.9 Å². The largest absolute Gasteiger partial charge is 0.504 e. The number of aliphatic hydroxyl groups excluding tert-OH is 1. The predicted molar refractivity (Wildman–Crippen MR) is 114 cm³/mol. The standard InChI is InChI=1S/C26H30O7/c1-22(2)13(27)7-8-23(3)12-6-9-24(4)11(15-17-21(31-17)32-20(15)30)10-14-26(24,33-14)25(12,5)19(29)16(28)18(22)23/h7-8,11-12,14-15,17,21,28H,6,9-10H2,1-5H3/t11-,12+,14+,15+,17+,21-,23-,24-,25-,26+/m0/s1. The summed E-state index contributed by atoms with van der Waals surface area (Å²) in [7, 11) is 0. The maximum atomic E-state index is 14.1. The van der Waals surface area contributed by atoms with Crippen molar-refractivity contribution in [1.82, 2.24) is 0 Å². The zero-order chi connectivity index (χ0) is 23.5. The Hall–Kier alpha value is -1.99. The van der Waals surface area contributed by atoms with Crippen LogP contribution in [0.3, 0.4) is 0 Å². The maximum Gasteiger partial charge on any atom is 0.314 e. The summed E-state index contributed by atoms with van der Waals surface area (Å²) in [4.78, 5) is 39.5. The number of Topliss-reactive ketones (excluding diaryl/α,β-unsaturated/α-hetero) is 1. The fourth-order valence-electron chi connectivity index (χ4n) is 9.57. The number of carbonyl (C=O) groups excluding carboxylic acids is 3. The first-order valence-corrected chi connectivity index (χ1v) is 12.1. The predicted octanol–water partition coefficient (Wildman–Crippen LogP) is 3.03. The van der Waals surface area contributed by atoms with Crippen LogP contribution in [-0.2, 0) is 28.6 Å². The molecule has 0 radical (unpaired) electrons. The van der Waals surface area contributed by atoms with Gasteiger partial charge in [-0.3, -0.25) is 14.4 Å². The highest BCUT2D eigenvalue weighted by molar-refractivity contribution is 6.06. The third kappa shape index (κ3) is 1.84. The number of hydrogen-bond acceptors (Lipinski definition) is 7. The van der Waals surface area contributed by atoms with Crippen LogP contribution in [0, 0.1) is 39.4 Å². The van der Waals surface area contributed by atoms with Gasteiger partial charge in [0.05, 0.1) is 22.9 Å². The lowest BCUT2D eigenvalue weighted by atomic mass is 9.39. The first-order chi connectivity index (χ1) is 15.4. The van der Waals surface area contributed by atoms with Crippen LogP contribution in [0.2, 0.25) is 0 Å². The third-order valence-electron chi connectivity index (χ3n) is 11.1. The number of aliphatic hydroxyl groups is 1. The SMILES string of the molecule is CC1(C)C(=O)C=C[C@]2(C)C1=C(O)C(=O)[C@]1(C)[C@@H]2CC[C@@]2(C)[C@H]([C@H]3C(=O)O[C@@H]4O[C@@H]43)C[C@H]3O[C@]321. The van der Waals surface area contributed by atoms with Gasteiger partial charge < -0.3 is 19.3 Å². The number of rotatable bonds is 1. The summed E-state index contributed by atoms with van der Waals surface area (Å²) >= 11 is 0. The van der Waals surface area contributed by atoms with Crippen LogP contribution < -0.4 is 0 Å². The zero-order valence-electron chi connectivity index (χ0n) is 19.6. The molecule has 7 nitrogen and oxygen atoms in total. The summed E-state index contributed by atoms with van der Waals surface area (Å²) < 4.78 is 17.4. The molecule has 0 aromatic rings. The average Bonchev–Trinajstić information content (AvgIpc) is 3.61. The van der Waals surface area contributed by atoms with Crippen molar-refractivity contribution in [2.75, 3.05) is 0 Å². The van der Waals surface area contributed by atoms with E-state index in [0.717, 1.165) is 12.8 Å². The van der Waals surface area contributed by atoms with Crippen molar-refractivity contribution in [3.05, 3.63) is 23.5 Å². The number of ketones is 2. The highest BCUT2D eigenvalue weighted by Gasteiger charge is 2.88. The molecule has 3 aliphatic heterocycles. The third-order valence-corrected chi connectivity index (χ3v) is 11.1. The molecule has 10 atom stereocenters. The molecule has 7 heteroatoms. The molecule has 0 bridgehead atoms. The molecule has 1 spiro atoms. The topological polar surface area (TPSA) is 106 Å². The van der Waals surface area contributed by atoms with Crippen LogP contribution in [-0.4, -0.2) is 46.7 Å². The minimum absolute atomic E-state index is 0.00654. The Morgan fingerprint density at radius 2 is 1.82 bits per heavy atom. The monoisotopic (exact) mass is 454 g/mol. The van der Waals surface area contributed by atoms with Gasteiger partial charge in [-0.2, -0.15) is 0 Å². The van der Waals surface area contributed by atoms with Crippen molar-refractivity contribution in [1.29, 1.82) is 0 Å². The Morgan fingerprint density at radius 1 is 1.09 bits per heavy atom. The summed E-state index contributed by atoms with van der Waals surface area (Å²) in [6, 6.07) is 0. The van der Waals surface area contributed by atoms with E-state index in [4.69, 9.17) is 14.2 Å². The summed E-state index contributed by atoms with van der Waals surface area (Å²) in [6.45, 7) is 9.76. The van der Waals surface area contributed by atoms with Gasteiger partial charge >= 0.3 is 5.97 Å². The van der Waals surface area contributed by atoms with Gasteiger partial charge in [-0.15, -0.1) is 0 Å². The van der Waals surface area contributed by atoms with Gasteiger partial charge in [0.1, 0.15) is 11.7 Å². The molecule has 0 unspecified atom stereocenters. The van der Waals surface area contributed by atoms with Gasteiger partial charge in [-0.25, -0.2) is 0 Å². The van der Waals surface area contributed by atoms with Crippen molar-refractivity contribution < 1.29 is 33.7 Å². The molecular weight excluding hydrogens is 424 g/mol. The molecule has 5 fully saturated rings. The summed E-state index contributed by atoms with van der Waals surface area (Å²) in [5.41, 5.74) is -3.17. The Bertz CT molecular complexity index is 1130. The number of allylic oxidation sites excluding steroid dienone is 4. The van der Waals surface area contributed by atoms with E-state index in [1.807, 2.05) is 13.0 Å². The summed E-state index contributed by atoms with van der Waals surface area (Å²) in [6.07, 6.45) is 5.01. The Labute approximate surface area is 192 Å². The normalized spacial score (nSPS) is 57.1. The number of hydrogen-bond donors (Lipinski definition) is 1. The lowest BCUT2D eigenvalue weighted by Gasteiger charge is -2.62. The number of esters is 1. The van der Waals surface area contributed by atoms with E-state index in [1.165, 1.54) is 0 Å². The van der Waals surface area contributed by atoms with E-state index in [9.17, 15) is 19.5 Å². The maximum absolute atomic E-state index is 14.1. The van der Waals surface area contributed by atoms with Crippen molar-refractivity contribution in [3.63, 3.8) is 0 Å². The molecular formula is C26H30O7. The van der Waals surface area contributed by atoms with Gasteiger partial charge in [0.15, 0.2) is 11.5 Å². The van der Waals surface area contributed by atoms with E-state index in [-0.39, 0.29) is 53.3 Å². The highest BCUT2D eigenvalue weighted by Crippen LogP contribution is 2.81. The molecule has 3 saturated heterocycles. The van der Waals surface area contributed by atoms with E-state index in [2.05, 4.69) is 13.8 Å². The molecule has 4 aliphatic carbocycles. The van der Waals surface area contributed by atoms with Gasteiger partial charge in [-0.1, -0.05) is 19.9 Å². The minimum atomic E-state index is -0.963. The Balaban J connectivity index is 1.39. The van der Waals surface area contributed by atoms with Crippen molar-refractivity contribution >= 4 is 17.5 Å². The minimum Gasteiger partial charge on any atom is -0.504 e. The molecule has 1 N–H and O–H groups in total. The molecule has 2 saturated carbocycles. The summed E-state index contributed by atoms with van der Waals surface area (Å²) in [5.74, 6) is -1.34. The quantitative estimate of drug-likeness (QED) is 0.479. The number of epoxide rings is 2. The van der Waals surface area contributed by atoms with Gasteiger partial charge in [0, 0.05) is 10.8 Å². The van der Waals surface area contributed by atoms with Gasteiger partial charge in [0.2, 0.25) is 12.1 Å². The molecule has 176 valence electrons. The van der Waals surface area contributed by atoms with Crippen molar-refractivity contribution in [3.8, 4) is 0 Å². The van der Waals surface area contributed by atoms with Crippen LogP contribution in [0.4, 0.5) is 0 Å². The van der Waals surface area contributed by atoms with Crippen LogP contribution in [0.5, 0.6) is 0 Å². The fraction of sp³-hybridized carbons (Fsp3) is 0.731. The van der Waals surface area contributed by atoms with Crippen molar-refractivity contribution in [2.24, 2.45) is 39.4 Å². The lowest BCUT2D eigenvalue weighted by Crippen LogP contribution is -2.67. The first-order valence-electron chi connectivity index (χ1n) is 12.1. The Kier molecular flexibility index (Phi) is 3.28. The van der Waals surface area contributed by atoms with E-state index in [1.54, 1.807) is 19.9 Å². The highest BCUT2D eigenvalue weighted by atomic mass is 16.8. The van der Waals surface area contributed by atoms with E-state index >= 15 is 0 Å². The lowest BCUT2D eigenvalue weighted by molar-refractivity contribution is -0.173. The fourth-order valence-corrected chi connectivity index (χ4v) is 9.57. The second kappa shape index (κ2) is 5.30. The second-order valence-corrected chi connectivity index (χ2v) is 12.5. The molecule has 0 aromatic carbocycles. The second-order valence-electron chi connectivity index (χ2n) is 12.5. The number of ether oxygens (including phenoxy) is 3. The van der Waals surface area contributed by atoms with E-state index < -0.39 is 33.6 Å². The van der Waals surface area contributed by atoms with Crippen LogP contribution in [0.25, 0.3) is 0 Å². The van der Waals surface area contributed by atoms with Crippen LogP contribution >= 0.6 is 0 Å². The van der Waals surface area contributed by atoms with E-state index in [0.29, 0.717) is 12.0 Å². The van der Waals surface area contributed by atoms with Crippen molar-refractivity contribution in [2.45, 2.75) is 78.0 Å². The molecule has 0 amide bonds. The van der Waals surface area contributed by atoms with Gasteiger partial charge in [-0.05, 0) is 63.5 Å². The molecule has 33 heavy (non-hydrogen) atoms.